The lowest BCUT2D eigenvalue weighted by atomic mass is 10.4. The summed E-state index contributed by atoms with van der Waals surface area (Å²) < 4.78 is 0. The predicted octanol–water partition coefficient (Wildman–Crippen LogP) is 0.185. The minimum absolute atomic E-state index is 0.130. The second kappa shape index (κ2) is 2.42. The van der Waals surface area contributed by atoms with E-state index in [1.807, 2.05) is 0 Å². The van der Waals surface area contributed by atoms with Gasteiger partial charge < -0.3 is 0 Å². The first-order chi connectivity index (χ1) is 4.63. The van der Waals surface area contributed by atoms with Crippen molar-refractivity contribution in [1.29, 1.82) is 0 Å². The molecule has 1 rings (SSSR count). The molecule has 0 unspecified atom stereocenters. The van der Waals surface area contributed by atoms with Crippen molar-refractivity contribution in [3.05, 3.63) is 0 Å². The molecule has 1 aliphatic heterocycles. The fourth-order valence-electron chi connectivity index (χ4n) is 0.790. The topological polar surface area (TPSA) is 54.5 Å². The van der Waals surface area contributed by atoms with Crippen molar-refractivity contribution in [3.8, 4) is 0 Å². The summed E-state index contributed by atoms with van der Waals surface area (Å²) in [5, 5.41) is -0.785. The van der Waals surface area contributed by atoms with Gasteiger partial charge in [-0.1, -0.05) is 12.6 Å². The molecule has 1 aliphatic rings. The SMILES string of the molecule is O=C(S)N1C(=O)CCC1=O. The van der Waals surface area contributed by atoms with Crippen LogP contribution >= 0.6 is 12.6 Å². The van der Waals surface area contributed by atoms with Gasteiger partial charge in [0.1, 0.15) is 0 Å². The van der Waals surface area contributed by atoms with E-state index in [1.54, 1.807) is 0 Å². The molecule has 0 spiro atoms. The molecule has 0 aromatic rings. The minimum atomic E-state index is -0.785. The number of hydrogen-bond donors (Lipinski definition) is 1. The molecule has 0 aromatic carbocycles. The Morgan fingerprint density at radius 3 is 1.90 bits per heavy atom. The first kappa shape index (κ1) is 7.27. The van der Waals surface area contributed by atoms with Gasteiger partial charge in [0.25, 0.3) is 5.24 Å². The van der Waals surface area contributed by atoms with Gasteiger partial charge in [-0.3, -0.25) is 14.4 Å². The van der Waals surface area contributed by atoms with Crippen LogP contribution in [0.15, 0.2) is 0 Å². The van der Waals surface area contributed by atoms with Crippen molar-refractivity contribution in [2.75, 3.05) is 0 Å². The summed E-state index contributed by atoms with van der Waals surface area (Å²) in [6.45, 7) is 0. The van der Waals surface area contributed by atoms with E-state index in [1.165, 1.54) is 0 Å². The van der Waals surface area contributed by atoms with Crippen molar-refractivity contribution in [2.45, 2.75) is 12.8 Å². The summed E-state index contributed by atoms with van der Waals surface area (Å²) in [6, 6.07) is 0. The van der Waals surface area contributed by atoms with Gasteiger partial charge in [0.15, 0.2) is 0 Å². The van der Waals surface area contributed by atoms with Crippen LogP contribution < -0.4 is 0 Å². The largest absolute Gasteiger partial charge is 0.292 e. The predicted molar refractivity (Wildman–Crippen MR) is 35.5 cm³/mol. The molecule has 0 atom stereocenters. The van der Waals surface area contributed by atoms with E-state index in [4.69, 9.17) is 0 Å². The third-order valence-corrected chi connectivity index (χ3v) is 1.44. The summed E-state index contributed by atoms with van der Waals surface area (Å²) in [5.74, 6) is -0.907. The van der Waals surface area contributed by atoms with Crippen molar-refractivity contribution in [1.82, 2.24) is 4.90 Å². The third-order valence-electron chi connectivity index (χ3n) is 1.24. The molecular formula is C5H5NO3S. The van der Waals surface area contributed by atoms with E-state index < -0.39 is 17.1 Å². The number of amides is 3. The molecule has 4 nitrogen and oxygen atoms in total. The maximum absolute atomic E-state index is 10.7. The molecule has 1 saturated heterocycles. The number of likely N-dealkylation sites (tertiary alicyclic amines) is 1. The van der Waals surface area contributed by atoms with Gasteiger partial charge in [-0.2, -0.15) is 0 Å². The monoisotopic (exact) mass is 159 g/mol. The molecule has 1 fully saturated rings. The van der Waals surface area contributed by atoms with Crippen LogP contribution in [0.25, 0.3) is 0 Å². The smallest absolute Gasteiger partial charge is 0.274 e. The zero-order chi connectivity index (χ0) is 7.72. The number of nitrogens with zero attached hydrogens (tertiary/aromatic N) is 1. The Balaban J connectivity index is 2.82. The van der Waals surface area contributed by atoms with Gasteiger partial charge in [0.05, 0.1) is 0 Å². The molecule has 3 amide bonds. The molecule has 10 heavy (non-hydrogen) atoms. The minimum Gasteiger partial charge on any atom is -0.274 e. The Labute approximate surface area is 62.6 Å². The van der Waals surface area contributed by atoms with Crippen molar-refractivity contribution in [2.24, 2.45) is 0 Å². The molecule has 0 radical (unpaired) electrons. The second-order valence-corrected chi connectivity index (χ2v) is 2.29. The standard InChI is InChI=1S/C5H5NO3S/c7-3-1-2-4(8)6(3)5(9)10/h1-2H2,(H,9,10). The molecule has 0 bridgehead atoms. The Bertz CT molecular complexity index is 197. The quantitative estimate of drug-likeness (QED) is 0.405. The summed E-state index contributed by atoms with van der Waals surface area (Å²) in [4.78, 5) is 32.3. The highest BCUT2D eigenvalue weighted by Gasteiger charge is 2.32. The highest BCUT2D eigenvalue weighted by atomic mass is 32.1. The maximum Gasteiger partial charge on any atom is 0.292 e. The molecule has 54 valence electrons. The molecule has 1 heterocycles. The lowest BCUT2D eigenvalue weighted by molar-refractivity contribution is -0.134. The maximum atomic E-state index is 10.7. The zero-order valence-electron chi connectivity index (χ0n) is 5.03. The van der Waals surface area contributed by atoms with Crippen molar-refractivity contribution < 1.29 is 14.4 Å². The van der Waals surface area contributed by atoms with Crippen LogP contribution in [-0.2, 0) is 9.59 Å². The van der Waals surface area contributed by atoms with Crippen LogP contribution in [0.5, 0.6) is 0 Å². The number of rotatable bonds is 0. The molecule has 0 N–H and O–H groups in total. The number of hydrogen-bond acceptors (Lipinski definition) is 3. The number of imide groups is 3. The summed E-state index contributed by atoms with van der Waals surface area (Å²) in [5.41, 5.74) is 0. The lowest BCUT2D eigenvalue weighted by Gasteiger charge is -2.05. The Morgan fingerprint density at radius 2 is 1.70 bits per heavy atom. The van der Waals surface area contributed by atoms with Crippen LogP contribution in [0.3, 0.4) is 0 Å². The van der Waals surface area contributed by atoms with Crippen LogP contribution in [0, 0.1) is 0 Å². The van der Waals surface area contributed by atoms with E-state index in [0.29, 0.717) is 4.90 Å². The molecule has 0 saturated carbocycles. The summed E-state index contributed by atoms with van der Waals surface area (Å²) >= 11 is 3.36. The lowest BCUT2D eigenvalue weighted by Crippen LogP contribution is -2.31. The van der Waals surface area contributed by atoms with Crippen LogP contribution in [0.1, 0.15) is 12.8 Å². The fourth-order valence-corrected chi connectivity index (χ4v) is 1.01. The van der Waals surface area contributed by atoms with Gasteiger partial charge in [-0.15, -0.1) is 0 Å². The summed E-state index contributed by atoms with van der Waals surface area (Å²) in [6.07, 6.45) is 0.260. The van der Waals surface area contributed by atoms with Gasteiger partial charge >= 0.3 is 0 Å². The van der Waals surface area contributed by atoms with Gasteiger partial charge in [0, 0.05) is 12.8 Å². The molecule has 0 aliphatic carbocycles. The van der Waals surface area contributed by atoms with E-state index in [-0.39, 0.29) is 12.8 Å². The highest BCUT2D eigenvalue weighted by molar-refractivity contribution is 7.96. The zero-order valence-corrected chi connectivity index (χ0v) is 5.93. The Kier molecular flexibility index (Phi) is 1.76. The number of thiol groups is 1. The molecular weight excluding hydrogens is 154 g/mol. The Hall–Kier alpha value is -0.840. The average Bonchev–Trinajstić information content (AvgIpc) is 2.11. The van der Waals surface area contributed by atoms with Crippen molar-refractivity contribution in [3.63, 3.8) is 0 Å². The fraction of sp³-hybridized carbons (Fsp3) is 0.400. The van der Waals surface area contributed by atoms with Crippen LogP contribution in [0.2, 0.25) is 0 Å². The van der Waals surface area contributed by atoms with Crippen molar-refractivity contribution >= 4 is 29.7 Å². The average molecular weight is 159 g/mol. The molecule has 0 aromatic heterocycles. The van der Waals surface area contributed by atoms with Crippen LogP contribution in [-0.4, -0.2) is 22.0 Å². The normalized spacial score (nSPS) is 18.3. The first-order valence-corrected chi connectivity index (χ1v) is 3.16. The summed E-state index contributed by atoms with van der Waals surface area (Å²) in [7, 11) is 0. The van der Waals surface area contributed by atoms with E-state index >= 15 is 0 Å². The molecule has 5 heteroatoms. The first-order valence-electron chi connectivity index (χ1n) is 2.71. The van der Waals surface area contributed by atoms with Gasteiger partial charge in [-0.05, 0) is 0 Å². The van der Waals surface area contributed by atoms with E-state index in [0.717, 1.165) is 0 Å². The van der Waals surface area contributed by atoms with Gasteiger partial charge in [0.2, 0.25) is 11.8 Å². The number of carbonyl (C=O) groups excluding carboxylic acids is 3. The van der Waals surface area contributed by atoms with Crippen LogP contribution in [0.4, 0.5) is 4.79 Å². The van der Waals surface area contributed by atoms with E-state index in [2.05, 4.69) is 12.6 Å². The second-order valence-electron chi connectivity index (χ2n) is 1.91. The Morgan fingerprint density at radius 1 is 1.30 bits per heavy atom. The van der Waals surface area contributed by atoms with Gasteiger partial charge in [-0.25, -0.2) is 4.90 Å². The number of carbonyl (C=O) groups is 3. The third kappa shape index (κ3) is 1.04. The van der Waals surface area contributed by atoms with E-state index in [9.17, 15) is 14.4 Å². The highest BCUT2D eigenvalue weighted by Crippen LogP contribution is 2.13.